The van der Waals surface area contributed by atoms with Crippen LogP contribution in [-0.2, 0) is 6.54 Å². The number of aryl methyl sites for hydroxylation is 1. The maximum Gasteiger partial charge on any atom is 0.293 e. The Balaban J connectivity index is 2.08. The van der Waals surface area contributed by atoms with Crippen LogP contribution in [0.3, 0.4) is 0 Å². The van der Waals surface area contributed by atoms with Crippen molar-refractivity contribution in [3.8, 4) is 0 Å². The Hall–Kier alpha value is -0.970. The smallest absolute Gasteiger partial charge is 0.293 e. The Morgan fingerprint density at radius 1 is 1.50 bits per heavy atom. The van der Waals surface area contributed by atoms with Crippen LogP contribution < -0.4 is 10.9 Å². The second-order valence-corrected chi connectivity index (χ2v) is 6.09. The zero-order chi connectivity index (χ0) is 13.0. The standard InChI is InChI=1S/C13H21N3OS/c1-3-16-9-8-14-11(12(16)17)15-10-13(18-2)6-4-5-7-13/h8-9H,3-7,10H2,1-2H3,(H,14,15). The minimum atomic E-state index is -0.0192. The Morgan fingerprint density at radius 3 is 2.83 bits per heavy atom. The molecule has 1 N–H and O–H groups in total. The first kappa shape index (κ1) is 13.5. The lowest BCUT2D eigenvalue weighted by atomic mass is 10.1. The maximum atomic E-state index is 12.0. The van der Waals surface area contributed by atoms with Gasteiger partial charge in [-0.25, -0.2) is 4.98 Å². The van der Waals surface area contributed by atoms with E-state index in [9.17, 15) is 4.79 Å². The molecule has 4 nitrogen and oxygen atoms in total. The second kappa shape index (κ2) is 5.78. The normalized spacial score (nSPS) is 17.9. The number of hydrogen-bond donors (Lipinski definition) is 1. The highest BCUT2D eigenvalue weighted by atomic mass is 32.2. The van der Waals surface area contributed by atoms with Crippen molar-refractivity contribution in [1.29, 1.82) is 0 Å². The zero-order valence-corrected chi connectivity index (χ0v) is 11.9. The van der Waals surface area contributed by atoms with E-state index in [0.717, 1.165) is 6.54 Å². The van der Waals surface area contributed by atoms with Gasteiger partial charge in [0.05, 0.1) is 0 Å². The van der Waals surface area contributed by atoms with E-state index in [-0.39, 0.29) is 5.56 Å². The molecule has 0 aliphatic heterocycles. The Morgan fingerprint density at radius 2 is 2.22 bits per heavy atom. The molecule has 1 aromatic rings. The molecule has 18 heavy (non-hydrogen) atoms. The lowest BCUT2D eigenvalue weighted by Gasteiger charge is -2.27. The highest BCUT2D eigenvalue weighted by Gasteiger charge is 2.32. The zero-order valence-electron chi connectivity index (χ0n) is 11.1. The van der Waals surface area contributed by atoms with Crippen LogP contribution >= 0.6 is 11.8 Å². The maximum absolute atomic E-state index is 12.0. The summed E-state index contributed by atoms with van der Waals surface area (Å²) in [5.41, 5.74) is -0.0192. The summed E-state index contributed by atoms with van der Waals surface area (Å²) in [5.74, 6) is 0.486. The van der Waals surface area contributed by atoms with Gasteiger partial charge in [-0.2, -0.15) is 11.8 Å². The van der Waals surface area contributed by atoms with E-state index in [2.05, 4.69) is 16.6 Å². The number of aromatic nitrogens is 2. The summed E-state index contributed by atoms with van der Waals surface area (Å²) in [4.78, 5) is 16.2. The van der Waals surface area contributed by atoms with Gasteiger partial charge in [0, 0.05) is 30.2 Å². The molecule has 0 aromatic carbocycles. The predicted molar refractivity (Wildman–Crippen MR) is 77.4 cm³/mol. The molecule has 100 valence electrons. The van der Waals surface area contributed by atoms with E-state index in [0.29, 0.717) is 17.1 Å². The van der Waals surface area contributed by atoms with Crippen LogP contribution in [0, 0.1) is 0 Å². The fraction of sp³-hybridized carbons (Fsp3) is 0.692. The lowest BCUT2D eigenvalue weighted by molar-refractivity contribution is 0.635. The van der Waals surface area contributed by atoms with Crippen LogP contribution in [0.5, 0.6) is 0 Å². The average molecular weight is 267 g/mol. The topological polar surface area (TPSA) is 46.9 Å². The number of nitrogens with zero attached hydrogens (tertiary/aromatic N) is 2. The lowest BCUT2D eigenvalue weighted by Crippen LogP contribution is -2.33. The number of thioether (sulfide) groups is 1. The fourth-order valence-electron chi connectivity index (χ4n) is 2.53. The van der Waals surface area contributed by atoms with Gasteiger partial charge in [-0.15, -0.1) is 0 Å². The summed E-state index contributed by atoms with van der Waals surface area (Å²) >= 11 is 1.92. The highest BCUT2D eigenvalue weighted by Crippen LogP contribution is 2.39. The third-order valence-corrected chi connectivity index (χ3v) is 5.20. The Labute approximate surface area is 112 Å². The largest absolute Gasteiger partial charge is 0.364 e. The molecule has 1 fully saturated rings. The van der Waals surface area contributed by atoms with Crippen molar-refractivity contribution in [3.05, 3.63) is 22.7 Å². The van der Waals surface area contributed by atoms with Gasteiger partial charge in [0.25, 0.3) is 5.56 Å². The van der Waals surface area contributed by atoms with Crippen LogP contribution in [0.25, 0.3) is 0 Å². The first-order valence-corrected chi connectivity index (χ1v) is 7.78. The Kier molecular flexibility index (Phi) is 4.32. The molecule has 1 aliphatic rings. The van der Waals surface area contributed by atoms with E-state index < -0.39 is 0 Å². The summed E-state index contributed by atoms with van der Waals surface area (Å²) < 4.78 is 1.97. The van der Waals surface area contributed by atoms with E-state index >= 15 is 0 Å². The van der Waals surface area contributed by atoms with Gasteiger partial charge in [-0.05, 0) is 26.0 Å². The molecule has 0 amide bonds. The van der Waals surface area contributed by atoms with Crippen molar-refractivity contribution < 1.29 is 0 Å². The van der Waals surface area contributed by atoms with Crippen LogP contribution in [0.2, 0.25) is 0 Å². The summed E-state index contributed by atoms with van der Waals surface area (Å²) in [7, 11) is 0. The van der Waals surface area contributed by atoms with Gasteiger partial charge in [0.1, 0.15) is 0 Å². The predicted octanol–water partition coefficient (Wildman–Crippen LogP) is 2.35. The molecule has 0 radical (unpaired) electrons. The number of hydrogen-bond acceptors (Lipinski definition) is 4. The monoisotopic (exact) mass is 267 g/mol. The van der Waals surface area contributed by atoms with Gasteiger partial charge >= 0.3 is 0 Å². The summed E-state index contributed by atoms with van der Waals surface area (Å²) in [6, 6.07) is 0. The van der Waals surface area contributed by atoms with E-state index in [1.165, 1.54) is 25.7 Å². The molecule has 0 unspecified atom stereocenters. The van der Waals surface area contributed by atoms with Gasteiger partial charge in [0.15, 0.2) is 5.82 Å². The van der Waals surface area contributed by atoms with Crippen LogP contribution in [0.4, 0.5) is 5.82 Å². The van der Waals surface area contributed by atoms with Crippen molar-refractivity contribution in [2.45, 2.75) is 43.9 Å². The molecule has 0 saturated heterocycles. The van der Waals surface area contributed by atoms with E-state index in [1.807, 2.05) is 18.7 Å². The molecule has 0 spiro atoms. The van der Waals surface area contributed by atoms with Gasteiger partial charge in [0.2, 0.25) is 0 Å². The van der Waals surface area contributed by atoms with E-state index in [4.69, 9.17) is 0 Å². The number of rotatable bonds is 5. The molecule has 1 aromatic heterocycles. The van der Waals surface area contributed by atoms with Crippen LogP contribution in [0.15, 0.2) is 17.2 Å². The summed E-state index contributed by atoms with van der Waals surface area (Å²) in [6.45, 7) is 3.49. The fourth-order valence-corrected chi connectivity index (χ4v) is 3.45. The molecular formula is C13H21N3OS. The van der Waals surface area contributed by atoms with Gasteiger partial charge in [-0.1, -0.05) is 12.8 Å². The van der Waals surface area contributed by atoms with Gasteiger partial charge < -0.3 is 9.88 Å². The molecule has 5 heteroatoms. The molecule has 1 saturated carbocycles. The average Bonchev–Trinajstić information content (AvgIpc) is 2.87. The van der Waals surface area contributed by atoms with E-state index in [1.54, 1.807) is 17.0 Å². The molecule has 2 rings (SSSR count). The van der Waals surface area contributed by atoms with Crippen LogP contribution in [-0.4, -0.2) is 27.1 Å². The van der Waals surface area contributed by atoms with Crippen molar-refractivity contribution in [2.24, 2.45) is 0 Å². The summed E-state index contributed by atoms with van der Waals surface area (Å²) in [6.07, 6.45) is 10.6. The molecule has 0 atom stereocenters. The van der Waals surface area contributed by atoms with Crippen molar-refractivity contribution in [2.75, 3.05) is 18.1 Å². The quantitative estimate of drug-likeness (QED) is 0.889. The van der Waals surface area contributed by atoms with Crippen molar-refractivity contribution in [1.82, 2.24) is 9.55 Å². The minimum Gasteiger partial charge on any atom is -0.364 e. The third-order valence-electron chi connectivity index (χ3n) is 3.78. The molecule has 1 heterocycles. The summed E-state index contributed by atoms with van der Waals surface area (Å²) in [5, 5.41) is 3.26. The highest BCUT2D eigenvalue weighted by molar-refractivity contribution is 8.00. The minimum absolute atomic E-state index is 0.0192. The first-order valence-electron chi connectivity index (χ1n) is 6.55. The van der Waals surface area contributed by atoms with Crippen LogP contribution in [0.1, 0.15) is 32.6 Å². The number of nitrogens with one attached hydrogen (secondary N) is 1. The van der Waals surface area contributed by atoms with Crippen molar-refractivity contribution in [3.63, 3.8) is 0 Å². The number of anilines is 1. The van der Waals surface area contributed by atoms with Crippen molar-refractivity contribution >= 4 is 17.6 Å². The molecule has 1 aliphatic carbocycles. The SMILES string of the molecule is CCn1ccnc(NCC2(SC)CCCC2)c1=O. The van der Waals surface area contributed by atoms with Gasteiger partial charge in [-0.3, -0.25) is 4.79 Å². The first-order chi connectivity index (χ1) is 8.71. The Bertz CT molecular complexity index is 452. The third kappa shape index (κ3) is 2.71. The molecular weight excluding hydrogens is 246 g/mol. The molecule has 0 bridgehead atoms. The second-order valence-electron chi connectivity index (χ2n) is 4.81.